The second-order valence-electron chi connectivity index (χ2n) is 6.98. The van der Waals surface area contributed by atoms with Crippen LogP contribution in [0.4, 0.5) is 17.5 Å². The molecule has 3 aromatic rings. The van der Waals surface area contributed by atoms with Gasteiger partial charge in [0.05, 0.1) is 0 Å². The first-order chi connectivity index (χ1) is 13.1. The van der Waals surface area contributed by atoms with Gasteiger partial charge in [0, 0.05) is 35.1 Å². The molecule has 0 unspecified atom stereocenters. The zero-order valence-electron chi connectivity index (χ0n) is 15.6. The molecule has 1 N–H and O–H groups in total. The Labute approximate surface area is 165 Å². The van der Waals surface area contributed by atoms with Gasteiger partial charge < -0.3 is 10.2 Å². The van der Waals surface area contributed by atoms with Crippen LogP contribution in [-0.2, 0) is 19.4 Å². The van der Waals surface area contributed by atoms with Crippen LogP contribution in [0.15, 0.2) is 54.6 Å². The number of rotatable bonds is 4. The van der Waals surface area contributed by atoms with Crippen molar-refractivity contribution in [3.63, 3.8) is 0 Å². The summed E-state index contributed by atoms with van der Waals surface area (Å²) >= 11 is 6.10. The first kappa shape index (κ1) is 17.8. The Balaban J connectivity index is 1.66. The van der Waals surface area contributed by atoms with Crippen molar-refractivity contribution in [2.75, 3.05) is 10.2 Å². The fraction of sp³-hybridized carbons (Fsp3) is 0.273. The third-order valence-electron chi connectivity index (χ3n) is 5.01. The van der Waals surface area contributed by atoms with Crippen LogP contribution in [0.1, 0.15) is 30.7 Å². The number of hydrogen-bond donors (Lipinski definition) is 1. The smallest absolute Gasteiger partial charge is 0.229 e. The van der Waals surface area contributed by atoms with Crippen LogP contribution in [0.25, 0.3) is 0 Å². The zero-order chi connectivity index (χ0) is 18.8. The summed E-state index contributed by atoms with van der Waals surface area (Å²) in [5.41, 5.74) is 4.72. The van der Waals surface area contributed by atoms with E-state index in [4.69, 9.17) is 16.6 Å². The number of aromatic nitrogens is 2. The van der Waals surface area contributed by atoms with Gasteiger partial charge in [-0.2, -0.15) is 4.98 Å². The average molecular weight is 379 g/mol. The highest BCUT2D eigenvalue weighted by Crippen LogP contribution is 2.29. The molecule has 1 aliphatic rings. The minimum absolute atomic E-state index is 0.388. The molecule has 4 nitrogen and oxygen atoms in total. The highest BCUT2D eigenvalue weighted by Gasteiger charge is 2.24. The molecule has 5 heteroatoms. The van der Waals surface area contributed by atoms with Gasteiger partial charge in [-0.1, -0.05) is 48.9 Å². The molecule has 4 rings (SSSR count). The van der Waals surface area contributed by atoms with Crippen molar-refractivity contribution < 1.29 is 0 Å². The van der Waals surface area contributed by atoms with Crippen molar-refractivity contribution in [2.24, 2.45) is 0 Å². The highest BCUT2D eigenvalue weighted by atomic mass is 35.5. The fourth-order valence-electron chi connectivity index (χ4n) is 3.55. The second-order valence-corrected chi connectivity index (χ2v) is 7.42. The van der Waals surface area contributed by atoms with Crippen LogP contribution >= 0.6 is 11.6 Å². The molecule has 0 aliphatic carbocycles. The lowest BCUT2D eigenvalue weighted by Crippen LogP contribution is -2.39. The molecule has 2 heterocycles. The van der Waals surface area contributed by atoms with E-state index < -0.39 is 0 Å². The van der Waals surface area contributed by atoms with Gasteiger partial charge in [-0.15, -0.1) is 0 Å². The monoisotopic (exact) mass is 378 g/mol. The normalized spacial score (nSPS) is 16.1. The quantitative estimate of drug-likeness (QED) is 0.661. The van der Waals surface area contributed by atoms with Crippen molar-refractivity contribution in [2.45, 2.75) is 39.3 Å². The van der Waals surface area contributed by atoms with E-state index in [0.717, 1.165) is 36.6 Å². The molecule has 1 aromatic heterocycles. The molecule has 138 valence electrons. The number of nitrogens with one attached hydrogen (secondary N) is 1. The number of nitrogens with zero attached hydrogens (tertiary/aromatic N) is 3. The molecule has 1 aliphatic heterocycles. The van der Waals surface area contributed by atoms with Crippen LogP contribution in [-0.4, -0.2) is 16.0 Å². The maximum absolute atomic E-state index is 6.10. The van der Waals surface area contributed by atoms with E-state index in [1.54, 1.807) is 0 Å². The molecule has 0 amide bonds. The van der Waals surface area contributed by atoms with Gasteiger partial charge in [0.1, 0.15) is 5.82 Å². The molecule has 0 fully saturated rings. The van der Waals surface area contributed by atoms with Crippen LogP contribution < -0.4 is 10.2 Å². The summed E-state index contributed by atoms with van der Waals surface area (Å²) in [5.74, 6) is 1.58. The van der Waals surface area contributed by atoms with Crippen LogP contribution in [0.2, 0.25) is 5.02 Å². The predicted molar refractivity (Wildman–Crippen MR) is 112 cm³/mol. The average Bonchev–Trinajstić information content (AvgIpc) is 2.67. The van der Waals surface area contributed by atoms with E-state index in [2.05, 4.69) is 59.4 Å². The Morgan fingerprint density at radius 3 is 2.67 bits per heavy atom. The van der Waals surface area contributed by atoms with Gasteiger partial charge in [0.15, 0.2) is 0 Å². The Bertz CT molecular complexity index is 957. The molecular formula is C22H23ClN4. The van der Waals surface area contributed by atoms with Gasteiger partial charge in [0.2, 0.25) is 5.95 Å². The minimum atomic E-state index is 0.388. The van der Waals surface area contributed by atoms with E-state index in [1.165, 1.54) is 11.1 Å². The Morgan fingerprint density at radius 2 is 1.89 bits per heavy atom. The summed E-state index contributed by atoms with van der Waals surface area (Å²) in [5, 5.41) is 3.99. The second kappa shape index (κ2) is 7.57. The van der Waals surface area contributed by atoms with Gasteiger partial charge in [0.25, 0.3) is 0 Å². The maximum Gasteiger partial charge on any atom is 0.229 e. The summed E-state index contributed by atoms with van der Waals surface area (Å²) < 4.78 is 0. The van der Waals surface area contributed by atoms with E-state index in [1.807, 2.05) is 24.3 Å². The lowest BCUT2D eigenvalue weighted by molar-refractivity contribution is 0.586. The summed E-state index contributed by atoms with van der Waals surface area (Å²) in [6.07, 6.45) is 1.89. The number of aryl methyl sites for hydroxylation is 1. The molecule has 0 bridgehead atoms. The molecule has 0 saturated carbocycles. The lowest BCUT2D eigenvalue weighted by Gasteiger charge is -2.36. The summed E-state index contributed by atoms with van der Waals surface area (Å²) in [6, 6.07) is 18.8. The molecule has 0 radical (unpaired) electrons. The van der Waals surface area contributed by atoms with Crippen molar-refractivity contribution in [3.05, 3.63) is 76.4 Å². The third kappa shape index (κ3) is 3.91. The molecular weight excluding hydrogens is 356 g/mol. The number of benzene rings is 2. The summed E-state index contributed by atoms with van der Waals surface area (Å²) in [4.78, 5) is 11.8. The fourth-order valence-corrected chi connectivity index (χ4v) is 3.74. The zero-order valence-corrected chi connectivity index (χ0v) is 16.4. The maximum atomic E-state index is 6.10. The summed E-state index contributed by atoms with van der Waals surface area (Å²) in [6.45, 7) is 5.24. The largest absolute Gasteiger partial charge is 0.349 e. The topological polar surface area (TPSA) is 41.1 Å². The third-order valence-corrected chi connectivity index (χ3v) is 5.24. The standard InChI is InChI=1S/C22H23ClN4/c1-3-19-13-21(26-22(24-19)25-20-10-6-9-18(23)12-20)27-14-17-8-5-4-7-16(17)11-15(27)2/h4-10,12-13,15H,3,11,14H2,1-2H3,(H,24,25,26)/t15-/m1/s1. The van der Waals surface area contributed by atoms with Crippen molar-refractivity contribution in [1.29, 1.82) is 0 Å². The predicted octanol–water partition coefficient (Wildman–Crippen LogP) is 5.39. The number of anilines is 3. The van der Waals surface area contributed by atoms with Gasteiger partial charge in [-0.3, -0.25) is 0 Å². The Kier molecular flexibility index (Phi) is 4.99. The van der Waals surface area contributed by atoms with Crippen LogP contribution in [0.5, 0.6) is 0 Å². The van der Waals surface area contributed by atoms with E-state index >= 15 is 0 Å². The number of halogens is 1. The van der Waals surface area contributed by atoms with E-state index in [0.29, 0.717) is 17.0 Å². The summed E-state index contributed by atoms with van der Waals surface area (Å²) in [7, 11) is 0. The van der Waals surface area contributed by atoms with Crippen molar-refractivity contribution in [1.82, 2.24) is 9.97 Å². The highest BCUT2D eigenvalue weighted by molar-refractivity contribution is 6.30. The number of fused-ring (bicyclic) bond motifs is 1. The van der Waals surface area contributed by atoms with E-state index in [9.17, 15) is 0 Å². The molecule has 1 atom stereocenters. The van der Waals surface area contributed by atoms with Gasteiger partial charge >= 0.3 is 0 Å². The Morgan fingerprint density at radius 1 is 1.07 bits per heavy atom. The molecule has 0 saturated heterocycles. The van der Waals surface area contributed by atoms with Crippen LogP contribution in [0, 0.1) is 0 Å². The molecule has 27 heavy (non-hydrogen) atoms. The van der Waals surface area contributed by atoms with Crippen molar-refractivity contribution in [3.8, 4) is 0 Å². The van der Waals surface area contributed by atoms with E-state index in [-0.39, 0.29) is 0 Å². The lowest BCUT2D eigenvalue weighted by atomic mass is 9.95. The van der Waals surface area contributed by atoms with Gasteiger partial charge in [-0.05, 0) is 49.1 Å². The first-order valence-electron chi connectivity index (χ1n) is 9.36. The number of hydrogen-bond acceptors (Lipinski definition) is 4. The van der Waals surface area contributed by atoms with Gasteiger partial charge in [-0.25, -0.2) is 4.98 Å². The molecule has 2 aromatic carbocycles. The first-order valence-corrected chi connectivity index (χ1v) is 9.74. The SMILES string of the molecule is CCc1cc(N2Cc3ccccc3C[C@H]2C)nc(Nc2cccc(Cl)c2)n1. The minimum Gasteiger partial charge on any atom is -0.349 e. The Hall–Kier alpha value is -2.59. The molecule has 0 spiro atoms. The van der Waals surface area contributed by atoms with Crippen LogP contribution in [0.3, 0.4) is 0 Å². The van der Waals surface area contributed by atoms with Crippen molar-refractivity contribution >= 4 is 29.1 Å².